The molecule has 6 nitrogen and oxygen atoms in total. The highest BCUT2D eigenvalue weighted by atomic mass is 16.2. The summed E-state index contributed by atoms with van der Waals surface area (Å²) in [6.45, 7) is 3.58. The van der Waals surface area contributed by atoms with Gasteiger partial charge in [0.1, 0.15) is 0 Å². The van der Waals surface area contributed by atoms with Crippen LogP contribution in [0.1, 0.15) is 12.5 Å². The zero-order valence-corrected chi connectivity index (χ0v) is 9.14. The van der Waals surface area contributed by atoms with Gasteiger partial charge in [-0.25, -0.2) is 0 Å². The molecule has 0 aliphatic heterocycles. The van der Waals surface area contributed by atoms with Crippen LogP contribution in [-0.2, 0) is 4.79 Å². The van der Waals surface area contributed by atoms with E-state index >= 15 is 0 Å². The Morgan fingerprint density at radius 2 is 2.31 bits per heavy atom. The normalized spacial score (nSPS) is 12.7. The highest BCUT2D eigenvalue weighted by Gasteiger charge is 2.11. The molecular weight excluding hydrogens is 206 g/mol. The standard InChI is InChI=1S/C10H13N5O/c1-6-3-4-15-8(5-6)13-14-10(15)12-9(16)7(2)11/h3-5,7H,11H2,1-2H3,(H,12,14,16). The Morgan fingerprint density at radius 1 is 1.56 bits per heavy atom. The Morgan fingerprint density at radius 3 is 3.00 bits per heavy atom. The second-order valence-electron chi connectivity index (χ2n) is 3.73. The van der Waals surface area contributed by atoms with Crippen molar-refractivity contribution in [2.75, 3.05) is 5.32 Å². The smallest absolute Gasteiger partial charge is 0.243 e. The zero-order chi connectivity index (χ0) is 11.7. The van der Waals surface area contributed by atoms with Gasteiger partial charge < -0.3 is 5.73 Å². The number of rotatable bonds is 2. The summed E-state index contributed by atoms with van der Waals surface area (Å²) >= 11 is 0. The van der Waals surface area contributed by atoms with E-state index in [1.54, 1.807) is 11.3 Å². The molecule has 0 aromatic carbocycles. The average Bonchev–Trinajstić information content (AvgIpc) is 2.60. The first-order valence-corrected chi connectivity index (χ1v) is 4.96. The molecule has 0 aliphatic rings. The van der Waals surface area contributed by atoms with Gasteiger partial charge in [0.2, 0.25) is 11.9 Å². The van der Waals surface area contributed by atoms with Crippen molar-refractivity contribution < 1.29 is 4.79 Å². The minimum absolute atomic E-state index is 0.283. The molecular formula is C10H13N5O. The highest BCUT2D eigenvalue weighted by molar-refractivity contribution is 5.93. The number of nitrogens with zero attached hydrogens (tertiary/aromatic N) is 3. The van der Waals surface area contributed by atoms with Crippen molar-refractivity contribution in [3.63, 3.8) is 0 Å². The maximum Gasteiger partial charge on any atom is 0.243 e. The molecule has 0 bridgehead atoms. The monoisotopic (exact) mass is 219 g/mol. The molecule has 2 aromatic rings. The summed E-state index contributed by atoms with van der Waals surface area (Å²) in [5.74, 6) is 0.104. The number of carbonyl (C=O) groups excluding carboxylic acids is 1. The van der Waals surface area contributed by atoms with Crippen molar-refractivity contribution in [2.24, 2.45) is 5.73 Å². The number of carbonyl (C=O) groups is 1. The third kappa shape index (κ3) is 1.87. The van der Waals surface area contributed by atoms with Crippen LogP contribution in [0.2, 0.25) is 0 Å². The predicted octanol–water partition coefficient (Wildman–Crippen LogP) is 0.323. The third-order valence-electron chi connectivity index (χ3n) is 2.21. The van der Waals surface area contributed by atoms with Crippen LogP contribution in [0.15, 0.2) is 18.3 Å². The van der Waals surface area contributed by atoms with Crippen molar-refractivity contribution in [1.82, 2.24) is 14.6 Å². The summed E-state index contributed by atoms with van der Waals surface area (Å²) in [5, 5.41) is 10.4. The largest absolute Gasteiger partial charge is 0.320 e. The molecule has 1 atom stereocenters. The summed E-state index contributed by atoms with van der Waals surface area (Å²) in [7, 11) is 0. The van der Waals surface area contributed by atoms with E-state index in [4.69, 9.17) is 5.73 Å². The van der Waals surface area contributed by atoms with E-state index in [0.29, 0.717) is 11.6 Å². The van der Waals surface area contributed by atoms with Crippen molar-refractivity contribution in [3.8, 4) is 0 Å². The van der Waals surface area contributed by atoms with Crippen LogP contribution in [0.25, 0.3) is 5.65 Å². The molecule has 1 unspecified atom stereocenters. The highest BCUT2D eigenvalue weighted by Crippen LogP contribution is 2.09. The molecule has 6 heteroatoms. The Hall–Kier alpha value is -1.95. The fraction of sp³-hybridized carbons (Fsp3) is 0.300. The second kappa shape index (κ2) is 3.90. The summed E-state index contributed by atoms with van der Waals surface area (Å²) in [5.41, 5.74) is 7.23. The van der Waals surface area contributed by atoms with Gasteiger partial charge >= 0.3 is 0 Å². The van der Waals surface area contributed by atoms with E-state index in [2.05, 4.69) is 15.5 Å². The van der Waals surface area contributed by atoms with Gasteiger partial charge in [-0.1, -0.05) is 0 Å². The molecule has 1 amide bonds. The van der Waals surface area contributed by atoms with E-state index in [1.807, 2.05) is 25.3 Å². The quantitative estimate of drug-likeness (QED) is 0.761. The Bertz CT molecular complexity index is 531. The number of hydrogen-bond donors (Lipinski definition) is 2. The summed E-state index contributed by atoms with van der Waals surface area (Å²) in [6, 6.07) is 3.23. The van der Waals surface area contributed by atoms with E-state index in [9.17, 15) is 4.79 Å². The lowest BCUT2D eigenvalue weighted by atomic mass is 10.3. The molecule has 3 N–H and O–H groups in total. The van der Waals surface area contributed by atoms with Gasteiger partial charge in [-0.05, 0) is 31.5 Å². The Balaban J connectivity index is 2.35. The maximum atomic E-state index is 11.4. The molecule has 0 spiro atoms. The number of amides is 1. The fourth-order valence-electron chi connectivity index (χ4n) is 1.30. The predicted molar refractivity (Wildman–Crippen MR) is 60.0 cm³/mol. The first-order valence-electron chi connectivity index (χ1n) is 4.96. The maximum absolute atomic E-state index is 11.4. The van der Waals surface area contributed by atoms with Crippen LogP contribution < -0.4 is 11.1 Å². The third-order valence-corrected chi connectivity index (χ3v) is 2.21. The Kier molecular flexibility index (Phi) is 2.57. The first kappa shape index (κ1) is 10.6. The van der Waals surface area contributed by atoms with Crippen molar-refractivity contribution in [1.29, 1.82) is 0 Å². The zero-order valence-electron chi connectivity index (χ0n) is 9.14. The van der Waals surface area contributed by atoms with Crippen LogP contribution >= 0.6 is 0 Å². The number of aryl methyl sites for hydroxylation is 1. The molecule has 0 aliphatic carbocycles. The fourth-order valence-corrected chi connectivity index (χ4v) is 1.30. The molecule has 84 valence electrons. The summed E-state index contributed by atoms with van der Waals surface area (Å²) in [4.78, 5) is 11.4. The van der Waals surface area contributed by atoms with Crippen LogP contribution in [0, 0.1) is 6.92 Å². The van der Waals surface area contributed by atoms with Crippen LogP contribution in [0.3, 0.4) is 0 Å². The Labute approximate surface area is 92.5 Å². The minimum Gasteiger partial charge on any atom is -0.320 e. The van der Waals surface area contributed by atoms with Gasteiger partial charge in [0.05, 0.1) is 6.04 Å². The molecule has 0 saturated heterocycles. The number of aromatic nitrogens is 3. The van der Waals surface area contributed by atoms with E-state index in [0.717, 1.165) is 5.56 Å². The van der Waals surface area contributed by atoms with E-state index in [1.165, 1.54) is 0 Å². The number of fused-ring (bicyclic) bond motifs is 1. The number of nitrogens with two attached hydrogens (primary N) is 1. The minimum atomic E-state index is -0.571. The van der Waals surface area contributed by atoms with Gasteiger partial charge in [-0.15, -0.1) is 10.2 Å². The molecule has 16 heavy (non-hydrogen) atoms. The van der Waals surface area contributed by atoms with E-state index < -0.39 is 6.04 Å². The molecule has 0 radical (unpaired) electrons. The van der Waals surface area contributed by atoms with Gasteiger partial charge in [-0.3, -0.25) is 14.5 Å². The number of anilines is 1. The SMILES string of the molecule is Cc1ccn2c(NC(=O)C(C)N)nnc2c1. The average molecular weight is 219 g/mol. The van der Waals surface area contributed by atoms with Gasteiger partial charge in [0, 0.05) is 6.20 Å². The molecule has 0 saturated carbocycles. The first-order chi connectivity index (χ1) is 7.58. The lowest BCUT2D eigenvalue weighted by molar-refractivity contribution is -0.117. The molecule has 2 heterocycles. The van der Waals surface area contributed by atoms with Crippen LogP contribution in [0.4, 0.5) is 5.95 Å². The van der Waals surface area contributed by atoms with E-state index in [-0.39, 0.29) is 5.91 Å². The molecule has 2 aromatic heterocycles. The summed E-state index contributed by atoms with van der Waals surface area (Å²) < 4.78 is 1.70. The topological polar surface area (TPSA) is 85.3 Å². The van der Waals surface area contributed by atoms with Crippen molar-refractivity contribution in [2.45, 2.75) is 19.9 Å². The van der Waals surface area contributed by atoms with Crippen molar-refractivity contribution in [3.05, 3.63) is 23.9 Å². The number of pyridine rings is 1. The van der Waals surface area contributed by atoms with Gasteiger partial charge in [0.25, 0.3) is 0 Å². The second-order valence-corrected chi connectivity index (χ2v) is 3.73. The lowest BCUT2D eigenvalue weighted by Gasteiger charge is -2.05. The van der Waals surface area contributed by atoms with Crippen LogP contribution in [0.5, 0.6) is 0 Å². The number of hydrogen-bond acceptors (Lipinski definition) is 4. The lowest BCUT2D eigenvalue weighted by Crippen LogP contribution is -2.33. The molecule has 0 fully saturated rings. The number of nitrogens with one attached hydrogen (secondary N) is 1. The van der Waals surface area contributed by atoms with Gasteiger partial charge in [0.15, 0.2) is 5.65 Å². The van der Waals surface area contributed by atoms with Crippen LogP contribution in [-0.4, -0.2) is 26.5 Å². The van der Waals surface area contributed by atoms with Gasteiger partial charge in [-0.2, -0.15) is 0 Å². The summed E-state index contributed by atoms with van der Waals surface area (Å²) in [6.07, 6.45) is 1.81. The van der Waals surface area contributed by atoms with Crippen molar-refractivity contribution >= 4 is 17.5 Å². The molecule has 2 rings (SSSR count).